The van der Waals surface area contributed by atoms with Crippen LogP contribution in [0.1, 0.15) is 85.0 Å². The van der Waals surface area contributed by atoms with Crippen molar-refractivity contribution in [3.05, 3.63) is 0 Å². The van der Waals surface area contributed by atoms with Crippen molar-refractivity contribution in [2.24, 2.45) is 40.4 Å². The summed E-state index contributed by atoms with van der Waals surface area (Å²) in [5.41, 5.74) is 0.120. The Hall–Kier alpha value is -0.560. The van der Waals surface area contributed by atoms with E-state index in [0.717, 1.165) is 50.2 Å². The van der Waals surface area contributed by atoms with Crippen molar-refractivity contribution < 1.29 is 14.6 Å². The molecule has 3 heteroatoms. The molecule has 0 spiro atoms. The molecule has 0 bridgehead atoms. The van der Waals surface area contributed by atoms with Crippen LogP contribution in [0.2, 0.25) is 0 Å². The van der Waals surface area contributed by atoms with Gasteiger partial charge in [0.1, 0.15) is 0 Å². The molecular formula is C26H40O3. The molecule has 0 amide bonds. The lowest BCUT2D eigenvalue weighted by Gasteiger charge is -2.62. The molecule has 0 aromatic carbocycles. The lowest BCUT2D eigenvalue weighted by atomic mass is 9.43. The fourth-order valence-electron chi connectivity index (χ4n) is 9.27. The van der Waals surface area contributed by atoms with Gasteiger partial charge in [0, 0.05) is 12.3 Å². The van der Waals surface area contributed by atoms with E-state index >= 15 is 0 Å². The second-order valence-corrected chi connectivity index (χ2v) is 11.9. The Morgan fingerprint density at radius 3 is 2.34 bits per heavy atom. The Kier molecular flexibility index (Phi) is 4.71. The highest BCUT2D eigenvalue weighted by Gasteiger charge is 2.64. The van der Waals surface area contributed by atoms with Gasteiger partial charge >= 0.3 is 0 Å². The third-order valence-electron chi connectivity index (χ3n) is 10.7. The van der Waals surface area contributed by atoms with Gasteiger partial charge in [0.05, 0.1) is 18.8 Å². The maximum Gasteiger partial charge on any atom is 0.169 e. The minimum atomic E-state index is -0.612. The van der Waals surface area contributed by atoms with Gasteiger partial charge in [-0.15, -0.1) is 12.3 Å². The number of hydrogen-bond donors (Lipinski definition) is 1. The van der Waals surface area contributed by atoms with Gasteiger partial charge in [-0.25, -0.2) is 0 Å². The summed E-state index contributed by atoms with van der Waals surface area (Å²) in [6, 6.07) is 0. The van der Waals surface area contributed by atoms with Crippen LogP contribution in [-0.4, -0.2) is 29.7 Å². The molecule has 3 nitrogen and oxygen atoms in total. The fraction of sp³-hybridized carbons (Fsp3) is 0.923. The summed E-state index contributed by atoms with van der Waals surface area (Å²) in [5.74, 6) is 5.99. The zero-order chi connectivity index (χ0) is 20.5. The molecule has 1 saturated heterocycles. The highest BCUT2D eigenvalue weighted by Crippen LogP contribution is 2.69. The van der Waals surface area contributed by atoms with E-state index in [2.05, 4.69) is 26.7 Å². The fourth-order valence-corrected chi connectivity index (χ4v) is 9.27. The maximum absolute atomic E-state index is 11.0. The molecule has 5 aliphatic rings. The van der Waals surface area contributed by atoms with Crippen molar-refractivity contribution >= 4 is 0 Å². The molecule has 162 valence electrons. The van der Waals surface area contributed by atoms with Gasteiger partial charge in [0.2, 0.25) is 0 Å². The van der Waals surface area contributed by atoms with Crippen LogP contribution in [0.25, 0.3) is 0 Å². The molecule has 1 aliphatic heterocycles. The average molecular weight is 401 g/mol. The van der Waals surface area contributed by atoms with Crippen LogP contribution >= 0.6 is 0 Å². The minimum absolute atomic E-state index is 0.350. The summed E-state index contributed by atoms with van der Waals surface area (Å²) < 4.78 is 12.3. The van der Waals surface area contributed by atoms with E-state index in [4.69, 9.17) is 15.9 Å². The Balaban J connectivity index is 1.38. The molecule has 1 heterocycles. The molecule has 5 fully saturated rings. The zero-order valence-corrected chi connectivity index (χ0v) is 18.7. The van der Waals surface area contributed by atoms with Gasteiger partial charge in [-0.05, 0) is 99.2 Å². The normalized spacial score (nSPS) is 53.6. The van der Waals surface area contributed by atoms with Crippen molar-refractivity contribution in [1.29, 1.82) is 0 Å². The average Bonchev–Trinajstić information content (AvgIpc) is 3.26. The van der Waals surface area contributed by atoms with E-state index in [1.54, 1.807) is 0 Å². The van der Waals surface area contributed by atoms with Crippen LogP contribution in [0.15, 0.2) is 0 Å². The molecule has 5 rings (SSSR count). The van der Waals surface area contributed by atoms with E-state index in [9.17, 15) is 5.11 Å². The first-order valence-electron chi connectivity index (χ1n) is 12.2. The first-order valence-corrected chi connectivity index (χ1v) is 12.2. The van der Waals surface area contributed by atoms with Gasteiger partial charge in [-0.1, -0.05) is 13.8 Å². The third-order valence-corrected chi connectivity index (χ3v) is 10.7. The van der Waals surface area contributed by atoms with Gasteiger partial charge in [-0.2, -0.15) is 0 Å². The smallest absolute Gasteiger partial charge is 0.169 e. The van der Waals surface area contributed by atoms with Crippen LogP contribution in [-0.2, 0) is 9.47 Å². The van der Waals surface area contributed by atoms with Gasteiger partial charge in [0.25, 0.3) is 0 Å². The Morgan fingerprint density at radius 1 is 0.897 bits per heavy atom. The second-order valence-electron chi connectivity index (χ2n) is 11.9. The third kappa shape index (κ3) is 2.89. The monoisotopic (exact) mass is 400 g/mol. The molecule has 1 N–H and O–H groups in total. The highest BCUT2D eigenvalue weighted by atomic mass is 16.7. The Labute approximate surface area is 177 Å². The lowest BCUT2D eigenvalue weighted by molar-refractivity contribution is -0.220. The molecule has 4 saturated carbocycles. The van der Waals surface area contributed by atoms with E-state index < -0.39 is 5.60 Å². The predicted molar refractivity (Wildman–Crippen MR) is 114 cm³/mol. The van der Waals surface area contributed by atoms with E-state index in [1.165, 1.54) is 38.5 Å². The number of rotatable bonds is 2. The topological polar surface area (TPSA) is 38.7 Å². The van der Waals surface area contributed by atoms with Crippen molar-refractivity contribution in [2.45, 2.75) is 96.4 Å². The van der Waals surface area contributed by atoms with E-state index in [-0.39, 0.29) is 5.79 Å². The summed E-state index contributed by atoms with van der Waals surface area (Å²) in [6.45, 7) is 8.82. The molecule has 0 aromatic rings. The van der Waals surface area contributed by atoms with Crippen LogP contribution in [0.3, 0.4) is 0 Å². The number of ether oxygens (including phenoxy) is 2. The van der Waals surface area contributed by atoms with Crippen LogP contribution in [0, 0.1) is 52.8 Å². The molecular weight excluding hydrogens is 360 g/mol. The number of aliphatic hydroxyl groups is 1. The van der Waals surface area contributed by atoms with Crippen molar-refractivity contribution in [1.82, 2.24) is 0 Å². The molecule has 0 unspecified atom stereocenters. The molecule has 29 heavy (non-hydrogen) atoms. The van der Waals surface area contributed by atoms with E-state index in [1.807, 2.05) is 0 Å². The van der Waals surface area contributed by atoms with E-state index in [0.29, 0.717) is 29.1 Å². The predicted octanol–water partition coefficient (Wildman–Crippen LogP) is 5.16. The summed E-state index contributed by atoms with van der Waals surface area (Å²) >= 11 is 0. The first kappa shape index (κ1) is 20.3. The van der Waals surface area contributed by atoms with Crippen molar-refractivity contribution in [3.8, 4) is 12.3 Å². The van der Waals surface area contributed by atoms with Crippen LogP contribution < -0.4 is 0 Å². The minimum Gasteiger partial charge on any atom is -0.389 e. The largest absolute Gasteiger partial charge is 0.389 e. The molecule has 8 atom stereocenters. The Bertz CT molecular complexity index is 691. The first-order chi connectivity index (χ1) is 13.7. The van der Waals surface area contributed by atoms with Gasteiger partial charge in [0.15, 0.2) is 5.79 Å². The standard InChI is InChI=1S/C26H40O3/c1-5-11-26(27)14-13-23(2)18(17-26)6-7-19-20-8-9-22(25(4)28-15-16-29-25)24(20,3)12-10-21(19)23/h1,18-22,27H,6-17H2,2-4H3/t18-,19-,20-,21-,22-,23-,24-,26+/m0/s1. The van der Waals surface area contributed by atoms with Crippen molar-refractivity contribution in [3.63, 3.8) is 0 Å². The summed E-state index contributed by atoms with van der Waals surface area (Å²) in [6.07, 6.45) is 16.9. The summed E-state index contributed by atoms with van der Waals surface area (Å²) in [4.78, 5) is 0. The lowest BCUT2D eigenvalue weighted by Crippen LogP contribution is -2.57. The number of hydrogen-bond acceptors (Lipinski definition) is 3. The van der Waals surface area contributed by atoms with Crippen molar-refractivity contribution in [2.75, 3.05) is 13.2 Å². The Morgan fingerprint density at radius 2 is 1.62 bits per heavy atom. The zero-order valence-electron chi connectivity index (χ0n) is 18.7. The van der Waals surface area contributed by atoms with Crippen LogP contribution in [0.4, 0.5) is 0 Å². The summed E-state index contributed by atoms with van der Waals surface area (Å²) in [7, 11) is 0. The highest BCUT2D eigenvalue weighted by molar-refractivity contribution is 5.13. The van der Waals surface area contributed by atoms with Gasteiger partial charge < -0.3 is 14.6 Å². The molecule has 4 aliphatic carbocycles. The quantitative estimate of drug-likeness (QED) is 0.651. The molecule has 0 radical (unpaired) electrons. The summed E-state index contributed by atoms with van der Waals surface area (Å²) in [5, 5.41) is 11.0. The van der Waals surface area contributed by atoms with Gasteiger partial charge in [-0.3, -0.25) is 0 Å². The second kappa shape index (κ2) is 6.72. The number of fused-ring (bicyclic) bond motifs is 5. The molecule has 0 aromatic heterocycles. The number of terminal acetylenes is 1. The SMILES string of the molecule is C#CC[C@@]1(O)CC[C@@]2(C)[C@@H](CC[C@@H]3[C@@H]2CC[C@]2(C)[C@@H](C4(C)OCCO4)CC[C@@H]32)C1. The maximum atomic E-state index is 11.0. The van der Waals surface area contributed by atoms with Crippen LogP contribution in [0.5, 0.6) is 0 Å².